The molecule has 0 N–H and O–H groups in total. The lowest BCUT2D eigenvalue weighted by molar-refractivity contribution is 0.385. The number of rotatable bonds is 4. The Kier molecular flexibility index (Phi) is 5.43. The van der Waals surface area contributed by atoms with Crippen LogP contribution in [-0.2, 0) is 16.6 Å². The Labute approximate surface area is 196 Å². The molecule has 0 amide bonds. The molecule has 33 heavy (non-hydrogen) atoms. The first kappa shape index (κ1) is 21.9. The van der Waals surface area contributed by atoms with Crippen LogP contribution in [0.1, 0.15) is 12.5 Å². The predicted molar refractivity (Wildman–Crippen MR) is 129 cm³/mol. The molecule has 4 aromatic rings. The van der Waals surface area contributed by atoms with Crippen molar-refractivity contribution in [2.75, 3.05) is 31.1 Å². The Morgan fingerprint density at radius 3 is 2.58 bits per heavy atom. The maximum atomic E-state index is 13.5. The van der Waals surface area contributed by atoms with Gasteiger partial charge in [0.2, 0.25) is 10.0 Å². The molecule has 1 saturated heterocycles. The lowest BCUT2D eigenvalue weighted by Crippen LogP contribution is -2.48. The molecule has 172 valence electrons. The summed E-state index contributed by atoms with van der Waals surface area (Å²) in [5, 5.41) is 1.21. The smallest absolute Gasteiger partial charge is 0.364 e. The van der Waals surface area contributed by atoms with Crippen molar-refractivity contribution in [2.24, 2.45) is 0 Å². The molecule has 0 saturated carbocycles. The molecule has 10 heteroatoms. The van der Waals surface area contributed by atoms with Crippen LogP contribution in [0.2, 0.25) is 5.02 Å². The van der Waals surface area contributed by atoms with Crippen LogP contribution in [0.15, 0.2) is 56.8 Å². The molecule has 5 rings (SSSR count). The topological polar surface area (TPSA) is 88.6 Å². The van der Waals surface area contributed by atoms with Crippen molar-refractivity contribution < 1.29 is 12.8 Å². The summed E-state index contributed by atoms with van der Waals surface area (Å²) >= 11 is 6.16. The van der Waals surface area contributed by atoms with Crippen molar-refractivity contribution in [3.05, 3.63) is 63.7 Å². The molecule has 0 aliphatic carbocycles. The number of hydrogen-bond acceptors (Lipinski definition) is 6. The number of piperazine rings is 1. The number of anilines is 1. The number of benzene rings is 2. The van der Waals surface area contributed by atoms with Gasteiger partial charge in [-0.25, -0.2) is 18.2 Å². The molecular weight excluding hydrogens is 464 g/mol. The lowest BCUT2D eigenvalue weighted by Gasteiger charge is -2.36. The first-order valence-corrected chi connectivity index (χ1v) is 12.5. The van der Waals surface area contributed by atoms with Gasteiger partial charge in [-0.05, 0) is 49.7 Å². The fourth-order valence-electron chi connectivity index (χ4n) is 4.39. The monoisotopic (exact) mass is 486 g/mol. The zero-order chi connectivity index (χ0) is 23.3. The fraction of sp³-hybridized carbons (Fsp3) is 0.304. The van der Waals surface area contributed by atoms with Gasteiger partial charge in [0.15, 0.2) is 5.52 Å². The normalized spacial score (nSPS) is 15.5. The van der Waals surface area contributed by atoms with Crippen molar-refractivity contribution in [2.45, 2.75) is 25.3 Å². The van der Waals surface area contributed by atoms with E-state index in [1.807, 2.05) is 36.6 Å². The van der Waals surface area contributed by atoms with Crippen LogP contribution in [0.4, 0.5) is 5.69 Å². The Morgan fingerprint density at radius 2 is 1.85 bits per heavy atom. The summed E-state index contributed by atoms with van der Waals surface area (Å²) in [6.45, 7) is 6.40. The third-order valence-corrected chi connectivity index (χ3v) is 8.30. The Balaban J connectivity index is 1.48. The summed E-state index contributed by atoms with van der Waals surface area (Å²) in [6.07, 6.45) is 1.57. The Morgan fingerprint density at radius 1 is 1.09 bits per heavy atom. The summed E-state index contributed by atoms with van der Waals surface area (Å²) in [7, 11) is -3.73. The minimum Gasteiger partial charge on any atom is -0.421 e. The van der Waals surface area contributed by atoms with Crippen LogP contribution in [0.3, 0.4) is 0 Å². The fourth-order valence-corrected chi connectivity index (χ4v) is 6.00. The number of imidazole rings is 1. The van der Waals surface area contributed by atoms with E-state index in [0.717, 1.165) is 11.3 Å². The van der Waals surface area contributed by atoms with Gasteiger partial charge in [0.25, 0.3) is 0 Å². The zero-order valence-electron chi connectivity index (χ0n) is 18.3. The van der Waals surface area contributed by atoms with Crippen molar-refractivity contribution in [3.63, 3.8) is 0 Å². The number of fused-ring (bicyclic) bond motifs is 3. The van der Waals surface area contributed by atoms with E-state index in [9.17, 15) is 13.2 Å². The van der Waals surface area contributed by atoms with E-state index in [0.29, 0.717) is 54.2 Å². The highest BCUT2D eigenvalue weighted by Crippen LogP contribution is 2.29. The standard InChI is InChI=1S/C23H23ClN4O4S/c1-3-26-14-25-21-22(26)18-13-17(6-7-20(18)32-23(21)29)33(30,31)28-10-8-27(9-11-28)19-12-16(24)5-4-15(19)2/h4-7,12-14H,3,8-11H2,1-2H3. The van der Waals surface area contributed by atoms with Crippen LogP contribution in [0.25, 0.3) is 22.0 Å². The third-order valence-electron chi connectivity index (χ3n) is 6.17. The van der Waals surface area contributed by atoms with E-state index >= 15 is 0 Å². The summed E-state index contributed by atoms with van der Waals surface area (Å²) in [6, 6.07) is 10.4. The van der Waals surface area contributed by atoms with E-state index < -0.39 is 15.6 Å². The molecule has 1 aliphatic rings. The van der Waals surface area contributed by atoms with Crippen LogP contribution in [-0.4, -0.2) is 48.5 Å². The second-order valence-electron chi connectivity index (χ2n) is 8.10. The Hall–Kier alpha value is -2.88. The maximum absolute atomic E-state index is 13.5. The zero-order valence-corrected chi connectivity index (χ0v) is 19.9. The second kappa shape index (κ2) is 8.16. The first-order chi connectivity index (χ1) is 15.8. The van der Waals surface area contributed by atoms with Crippen molar-refractivity contribution in [1.29, 1.82) is 0 Å². The van der Waals surface area contributed by atoms with Crippen LogP contribution < -0.4 is 10.5 Å². The van der Waals surface area contributed by atoms with Gasteiger partial charge in [-0.1, -0.05) is 17.7 Å². The van der Waals surface area contributed by atoms with Gasteiger partial charge in [0, 0.05) is 48.8 Å². The third kappa shape index (κ3) is 3.70. The lowest BCUT2D eigenvalue weighted by atomic mass is 10.1. The quantitative estimate of drug-likeness (QED) is 0.409. The summed E-state index contributed by atoms with van der Waals surface area (Å²) in [5.74, 6) is 0. The number of aromatic nitrogens is 2. The molecule has 8 nitrogen and oxygen atoms in total. The highest BCUT2D eigenvalue weighted by Gasteiger charge is 2.30. The molecular formula is C23H23ClN4O4S. The number of aryl methyl sites for hydroxylation is 2. The number of halogens is 1. The summed E-state index contributed by atoms with van der Waals surface area (Å²) < 4.78 is 35.6. The maximum Gasteiger partial charge on any atom is 0.364 e. The molecule has 0 spiro atoms. The molecule has 1 fully saturated rings. The van der Waals surface area contributed by atoms with E-state index in [1.165, 1.54) is 10.4 Å². The predicted octanol–water partition coefficient (Wildman–Crippen LogP) is 3.64. The largest absolute Gasteiger partial charge is 0.421 e. The van der Waals surface area contributed by atoms with Gasteiger partial charge in [-0.15, -0.1) is 0 Å². The summed E-state index contributed by atoms with van der Waals surface area (Å²) in [5.41, 5.74) is 2.71. The number of nitrogens with zero attached hydrogens (tertiary/aromatic N) is 4. The summed E-state index contributed by atoms with van der Waals surface area (Å²) in [4.78, 5) is 18.7. The van der Waals surface area contributed by atoms with E-state index in [4.69, 9.17) is 16.0 Å². The first-order valence-electron chi connectivity index (χ1n) is 10.7. The molecule has 1 aliphatic heterocycles. The van der Waals surface area contributed by atoms with Crippen LogP contribution >= 0.6 is 11.6 Å². The molecule has 3 heterocycles. The molecule has 0 atom stereocenters. The van der Waals surface area contributed by atoms with Crippen molar-refractivity contribution in [3.8, 4) is 0 Å². The van der Waals surface area contributed by atoms with Gasteiger partial charge in [-0.2, -0.15) is 4.31 Å². The number of sulfonamides is 1. The van der Waals surface area contributed by atoms with Gasteiger partial charge in [0.05, 0.1) is 16.7 Å². The average Bonchev–Trinajstić information content (AvgIpc) is 3.26. The number of hydrogen-bond donors (Lipinski definition) is 0. The second-order valence-corrected chi connectivity index (χ2v) is 10.5. The minimum atomic E-state index is -3.73. The highest BCUT2D eigenvalue weighted by atomic mass is 35.5. The highest BCUT2D eigenvalue weighted by molar-refractivity contribution is 7.89. The average molecular weight is 487 g/mol. The molecule has 2 aromatic carbocycles. The van der Waals surface area contributed by atoms with E-state index in [2.05, 4.69) is 9.88 Å². The van der Waals surface area contributed by atoms with Crippen molar-refractivity contribution in [1.82, 2.24) is 13.9 Å². The van der Waals surface area contributed by atoms with Gasteiger partial charge < -0.3 is 13.9 Å². The van der Waals surface area contributed by atoms with Crippen molar-refractivity contribution >= 4 is 49.3 Å². The van der Waals surface area contributed by atoms with E-state index in [1.54, 1.807) is 18.5 Å². The minimum absolute atomic E-state index is 0.168. The molecule has 0 bridgehead atoms. The van der Waals surface area contributed by atoms with Gasteiger partial charge in [0.1, 0.15) is 5.58 Å². The molecule has 0 unspecified atom stereocenters. The molecule has 2 aromatic heterocycles. The van der Waals surface area contributed by atoms with E-state index in [-0.39, 0.29) is 10.4 Å². The Bertz CT molecular complexity index is 1540. The van der Waals surface area contributed by atoms with Gasteiger partial charge in [-0.3, -0.25) is 0 Å². The van der Waals surface area contributed by atoms with Crippen LogP contribution in [0, 0.1) is 6.92 Å². The van der Waals surface area contributed by atoms with Gasteiger partial charge >= 0.3 is 5.63 Å². The van der Waals surface area contributed by atoms with Crippen LogP contribution in [0.5, 0.6) is 0 Å². The SMILES string of the molecule is CCn1cnc2c(=O)oc3ccc(S(=O)(=O)N4CCN(c5cc(Cl)ccc5C)CC4)cc3c21. The molecule has 0 radical (unpaired) electrons.